The molecule has 3 atom stereocenters. The number of thiocarbonyl (C=S) groups is 1. The monoisotopic (exact) mass is 309 g/mol. The molecule has 0 spiro atoms. The van der Waals surface area contributed by atoms with E-state index in [1.165, 1.54) is 6.42 Å². The van der Waals surface area contributed by atoms with Crippen LogP contribution in [0.3, 0.4) is 0 Å². The van der Waals surface area contributed by atoms with Crippen molar-refractivity contribution in [3.63, 3.8) is 0 Å². The summed E-state index contributed by atoms with van der Waals surface area (Å²) in [6, 6.07) is 6.03. The summed E-state index contributed by atoms with van der Waals surface area (Å²) in [6.45, 7) is 4.64. The molecule has 0 heterocycles. The molecule has 0 saturated heterocycles. The summed E-state index contributed by atoms with van der Waals surface area (Å²) in [5.41, 5.74) is 6.77. The molecule has 2 rings (SSSR count). The molecular weight excluding hydrogens is 286 g/mol. The second-order valence-corrected chi connectivity index (χ2v) is 6.99. The van der Waals surface area contributed by atoms with E-state index in [1.807, 2.05) is 24.5 Å². The highest BCUT2D eigenvalue weighted by Gasteiger charge is 2.26. The molecule has 0 radical (unpaired) electrons. The fourth-order valence-electron chi connectivity index (χ4n) is 2.81. The summed E-state index contributed by atoms with van der Waals surface area (Å²) in [5, 5.41) is 0. The van der Waals surface area contributed by atoms with Gasteiger partial charge in [-0.2, -0.15) is 0 Å². The third-order valence-corrected chi connectivity index (χ3v) is 5.28. The Balaban J connectivity index is 2.19. The molecule has 2 N–H and O–H groups in total. The van der Waals surface area contributed by atoms with Gasteiger partial charge in [0.2, 0.25) is 0 Å². The number of nitrogens with two attached hydrogens (primary N) is 1. The summed E-state index contributed by atoms with van der Waals surface area (Å²) in [4.78, 5) is 1.51. The van der Waals surface area contributed by atoms with Crippen molar-refractivity contribution in [1.82, 2.24) is 0 Å². The van der Waals surface area contributed by atoms with Crippen LogP contribution in [0.4, 0.5) is 0 Å². The molecule has 2 nitrogen and oxygen atoms in total. The van der Waals surface area contributed by atoms with E-state index in [4.69, 9.17) is 22.7 Å². The molecule has 0 amide bonds. The van der Waals surface area contributed by atoms with Crippen LogP contribution in [0.5, 0.6) is 5.75 Å². The van der Waals surface area contributed by atoms with E-state index in [9.17, 15) is 0 Å². The Kier molecular flexibility index (Phi) is 5.33. The fraction of sp³-hybridized carbons (Fsp3) is 0.562. The lowest BCUT2D eigenvalue weighted by Crippen LogP contribution is -2.29. The maximum atomic E-state index is 6.23. The molecule has 1 aromatic carbocycles. The van der Waals surface area contributed by atoms with Gasteiger partial charge in [-0.05, 0) is 49.5 Å². The molecule has 1 fully saturated rings. The van der Waals surface area contributed by atoms with Crippen molar-refractivity contribution in [3.05, 3.63) is 23.8 Å². The smallest absolute Gasteiger partial charge is 0.131 e. The van der Waals surface area contributed by atoms with Crippen LogP contribution in [0.2, 0.25) is 0 Å². The van der Waals surface area contributed by atoms with E-state index in [0.29, 0.717) is 10.9 Å². The first kappa shape index (κ1) is 15.6. The summed E-state index contributed by atoms with van der Waals surface area (Å²) >= 11 is 6.85. The molecule has 4 heteroatoms. The van der Waals surface area contributed by atoms with E-state index in [2.05, 4.69) is 13.8 Å². The third kappa shape index (κ3) is 3.47. The number of thioether (sulfide) groups is 1. The number of ether oxygens (including phenoxy) is 1. The highest BCUT2D eigenvalue weighted by Crippen LogP contribution is 2.34. The number of hydrogen-bond donors (Lipinski definition) is 1. The summed E-state index contributed by atoms with van der Waals surface area (Å²) in [5.74, 6) is 2.35. The van der Waals surface area contributed by atoms with E-state index in [1.54, 1.807) is 11.8 Å². The topological polar surface area (TPSA) is 35.2 Å². The zero-order valence-electron chi connectivity index (χ0n) is 12.4. The second kappa shape index (κ2) is 6.81. The van der Waals surface area contributed by atoms with Crippen LogP contribution < -0.4 is 10.5 Å². The predicted octanol–water partition coefficient (Wildman–Crippen LogP) is 4.25. The lowest BCUT2D eigenvalue weighted by atomic mass is 9.80. The van der Waals surface area contributed by atoms with Crippen LogP contribution in [0.1, 0.15) is 38.7 Å². The first-order valence-corrected chi connectivity index (χ1v) is 8.79. The maximum Gasteiger partial charge on any atom is 0.131 e. The molecule has 1 aliphatic carbocycles. The minimum Gasteiger partial charge on any atom is -0.490 e. The molecule has 3 unspecified atom stereocenters. The Morgan fingerprint density at radius 2 is 2.05 bits per heavy atom. The summed E-state index contributed by atoms with van der Waals surface area (Å²) < 4.78 is 6.23. The normalized spacial score (nSPS) is 26.2. The molecular formula is C16H23NOS2. The highest BCUT2D eigenvalue weighted by molar-refractivity contribution is 7.98. The van der Waals surface area contributed by atoms with Crippen LogP contribution in [-0.4, -0.2) is 17.3 Å². The van der Waals surface area contributed by atoms with Gasteiger partial charge in [0, 0.05) is 4.90 Å². The van der Waals surface area contributed by atoms with Crippen molar-refractivity contribution in [1.29, 1.82) is 0 Å². The third-order valence-electron chi connectivity index (χ3n) is 4.30. The van der Waals surface area contributed by atoms with Crippen molar-refractivity contribution < 1.29 is 4.74 Å². The lowest BCUT2D eigenvalue weighted by molar-refractivity contribution is 0.100. The minimum absolute atomic E-state index is 0.284. The molecule has 0 bridgehead atoms. The Morgan fingerprint density at radius 1 is 1.30 bits per heavy atom. The van der Waals surface area contributed by atoms with Crippen LogP contribution >= 0.6 is 24.0 Å². The Hall–Kier alpha value is -0.740. The van der Waals surface area contributed by atoms with E-state index in [0.717, 1.165) is 35.0 Å². The van der Waals surface area contributed by atoms with Gasteiger partial charge >= 0.3 is 0 Å². The van der Waals surface area contributed by atoms with E-state index >= 15 is 0 Å². The zero-order valence-corrected chi connectivity index (χ0v) is 14.0. The minimum atomic E-state index is 0.284. The highest BCUT2D eigenvalue weighted by atomic mass is 32.2. The van der Waals surface area contributed by atoms with Crippen molar-refractivity contribution in [2.24, 2.45) is 17.6 Å². The standard InChI is InChI=1S/C16H23NOS2/c1-10-7-8-12(9-11(10)2)18-13-5-4-6-14(20-3)15(13)16(17)19/h4-6,10-12H,7-9H2,1-3H3,(H2,17,19). The van der Waals surface area contributed by atoms with Crippen LogP contribution in [0, 0.1) is 11.8 Å². The average molecular weight is 310 g/mol. The Morgan fingerprint density at radius 3 is 2.65 bits per heavy atom. The number of rotatable bonds is 4. The van der Waals surface area contributed by atoms with Crippen molar-refractivity contribution in [3.8, 4) is 5.75 Å². The first-order valence-electron chi connectivity index (χ1n) is 7.16. The van der Waals surface area contributed by atoms with Gasteiger partial charge in [-0.15, -0.1) is 11.8 Å². The zero-order chi connectivity index (χ0) is 14.7. The van der Waals surface area contributed by atoms with Gasteiger partial charge < -0.3 is 10.5 Å². The largest absolute Gasteiger partial charge is 0.490 e. The molecule has 0 aromatic heterocycles. The fourth-order valence-corrected chi connectivity index (χ4v) is 3.71. The molecule has 110 valence electrons. The molecule has 1 aliphatic rings. The maximum absolute atomic E-state index is 6.23. The Labute approximate surface area is 131 Å². The average Bonchev–Trinajstić information content (AvgIpc) is 2.42. The van der Waals surface area contributed by atoms with Crippen LogP contribution in [0.25, 0.3) is 0 Å². The van der Waals surface area contributed by atoms with Gasteiger partial charge in [-0.1, -0.05) is 32.1 Å². The van der Waals surface area contributed by atoms with Gasteiger partial charge in [-0.3, -0.25) is 0 Å². The molecule has 1 saturated carbocycles. The lowest BCUT2D eigenvalue weighted by Gasteiger charge is -2.32. The van der Waals surface area contributed by atoms with Gasteiger partial charge in [0.15, 0.2) is 0 Å². The SMILES string of the molecule is CSc1cccc(OC2CCC(C)C(C)C2)c1C(N)=S. The number of benzene rings is 1. The summed E-state index contributed by atoms with van der Waals surface area (Å²) in [6.07, 6.45) is 5.78. The van der Waals surface area contributed by atoms with E-state index < -0.39 is 0 Å². The second-order valence-electron chi connectivity index (χ2n) is 5.71. The summed E-state index contributed by atoms with van der Waals surface area (Å²) in [7, 11) is 0. The van der Waals surface area contributed by atoms with Crippen molar-refractivity contribution in [2.75, 3.05) is 6.26 Å². The molecule has 0 aliphatic heterocycles. The van der Waals surface area contributed by atoms with Crippen LogP contribution in [-0.2, 0) is 0 Å². The quantitative estimate of drug-likeness (QED) is 0.666. The van der Waals surface area contributed by atoms with Gasteiger partial charge in [0.05, 0.1) is 11.7 Å². The van der Waals surface area contributed by atoms with Crippen LogP contribution in [0.15, 0.2) is 23.1 Å². The van der Waals surface area contributed by atoms with Gasteiger partial charge in [-0.25, -0.2) is 0 Å². The number of hydrogen-bond acceptors (Lipinski definition) is 3. The van der Waals surface area contributed by atoms with Crippen molar-refractivity contribution in [2.45, 2.75) is 44.1 Å². The Bertz CT molecular complexity index is 489. The predicted molar refractivity (Wildman–Crippen MR) is 90.7 cm³/mol. The van der Waals surface area contributed by atoms with E-state index in [-0.39, 0.29) is 6.10 Å². The molecule has 1 aromatic rings. The molecule has 20 heavy (non-hydrogen) atoms. The van der Waals surface area contributed by atoms with Gasteiger partial charge in [0.1, 0.15) is 10.7 Å². The van der Waals surface area contributed by atoms with Crippen molar-refractivity contribution >= 4 is 29.0 Å². The first-order chi connectivity index (χ1) is 9.52. The van der Waals surface area contributed by atoms with Gasteiger partial charge in [0.25, 0.3) is 0 Å².